The second-order valence-electron chi connectivity index (χ2n) is 8.10. The summed E-state index contributed by atoms with van der Waals surface area (Å²) < 4.78 is 5.78. The molecule has 1 aromatic rings. The van der Waals surface area contributed by atoms with Gasteiger partial charge in [-0.05, 0) is 79.9 Å². The molecule has 4 nitrogen and oxygen atoms in total. The lowest BCUT2D eigenvalue weighted by Gasteiger charge is -2.26. The average Bonchev–Trinajstić information content (AvgIpc) is 3.04. The first kappa shape index (κ1) is 18.8. The van der Waals surface area contributed by atoms with Crippen molar-refractivity contribution in [3.05, 3.63) is 34.9 Å². The summed E-state index contributed by atoms with van der Waals surface area (Å²) in [5.74, 6) is 1.11. The van der Waals surface area contributed by atoms with Crippen molar-refractivity contribution in [2.24, 2.45) is 11.7 Å². The fourth-order valence-electron chi connectivity index (χ4n) is 4.40. The van der Waals surface area contributed by atoms with Crippen molar-refractivity contribution in [2.75, 3.05) is 26.4 Å². The molecular weight excluding hydrogens is 314 g/mol. The molecule has 0 radical (unpaired) electrons. The number of hydrogen-bond acceptors (Lipinski definition) is 4. The van der Waals surface area contributed by atoms with Gasteiger partial charge in [-0.3, -0.25) is 0 Å². The van der Waals surface area contributed by atoms with Crippen LogP contribution in [0.15, 0.2) is 18.2 Å². The zero-order valence-electron chi connectivity index (χ0n) is 15.3. The Morgan fingerprint density at radius 2 is 2.04 bits per heavy atom. The largest absolute Gasteiger partial charge is 0.396 e. The Bertz CT molecular complexity index is 562. The van der Waals surface area contributed by atoms with E-state index in [0.29, 0.717) is 11.8 Å². The van der Waals surface area contributed by atoms with E-state index >= 15 is 0 Å². The third-order valence-corrected chi connectivity index (χ3v) is 6.04. The van der Waals surface area contributed by atoms with Crippen molar-refractivity contribution in [2.45, 2.75) is 62.8 Å². The number of fused-ring (bicyclic) bond motifs is 1. The van der Waals surface area contributed by atoms with Crippen molar-refractivity contribution in [1.29, 1.82) is 0 Å². The Morgan fingerprint density at radius 1 is 1.16 bits per heavy atom. The molecule has 1 aromatic carbocycles. The molecule has 3 rings (SSSR count). The molecule has 0 heterocycles. The first-order valence-electron chi connectivity index (χ1n) is 9.83. The van der Waals surface area contributed by atoms with Gasteiger partial charge in [-0.2, -0.15) is 0 Å². The highest BCUT2D eigenvalue weighted by Crippen LogP contribution is 2.40. The van der Waals surface area contributed by atoms with Crippen LogP contribution in [0.2, 0.25) is 0 Å². The van der Waals surface area contributed by atoms with Crippen molar-refractivity contribution >= 4 is 0 Å². The van der Waals surface area contributed by atoms with Gasteiger partial charge in [0, 0.05) is 25.4 Å². The molecule has 0 spiro atoms. The third-order valence-electron chi connectivity index (χ3n) is 6.04. The van der Waals surface area contributed by atoms with E-state index < -0.39 is 0 Å². The SMILES string of the molecule is N[C@]1(CO)CC[C@H](c2ccc3c(c2)CC[C@@H](COCCCCO)C3)C1. The Labute approximate surface area is 151 Å². The number of rotatable bonds is 8. The third kappa shape index (κ3) is 4.82. The van der Waals surface area contributed by atoms with Gasteiger partial charge >= 0.3 is 0 Å². The maximum atomic E-state index is 9.48. The van der Waals surface area contributed by atoms with Crippen LogP contribution in [-0.4, -0.2) is 42.2 Å². The summed E-state index contributed by atoms with van der Waals surface area (Å²) in [7, 11) is 0. The average molecular weight is 347 g/mol. The fraction of sp³-hybridized carbons (Fsp3) is 0.714. The number of aliphatic hydroxyl groups excluding tert-OH is 2. The van der Waals surface area contributed by atoms with Crippen LogP contribution in [0.3, 0.4) is 0 Å². The predicted octanol–water partition coefficient (Wildman–Crippen LogP) is 2.54. The van der Waals surface area contributed by atoms with Gasteiger partial charge in [0.15, 0.2) is 0 Å². The molecule has 0 aliphatic heterocycles. The molecule has 0 bridgehead atoms. The summed E-state index contributed by atoms with van der Waals surface area (Å²) in [5, 5.41) is 18.3. The number of aliphatic hydroxyl groups is 2. The van der Waals surface area contributed by atoms with Crippen LogP contribution in [0.25, 0.3) is 0 Å². The van der Waals surface area contributed by atoms with E-state index in [-0.39, 0.29) is 18.8 Å². The maximum Gasteiger partial charge on any atom is 0.0611 e. The molecule has 25 heavy (non-hydrogen) atoms. The number of benzene rings is 1. The lowest BCUT2D eigenvalue weighted by atomic mass is 9.82. The van der Waals surface area contributed by atoms with Gasteiger partial charge in [-0.25, -0.2) is 0 Å². The van der Waals surface area contributed by atoms with E-state index in [4.69, 9.17) is 15.6 Å². The van der Waals surface area contributed by atoms with Crippen molar-refractivity contribution < 1.29 is 14.9 Å². The molecule has 1 saturated carbocycles. The molecule has 2 aliphatic rings. The quantitative estimate of drug-likeness (QED) is 0.632. The number of nitrogens with two attached hydrogens (primary N) is 1. The van der Waals surface area contributed by atoms with Crippen LogP contribution in [0.5, 0.6) is 0 Å². The monoisotopic (exact) mass is 347 g/mol. The first-order valence-corrected chi connectivity index (χ1v) is 9.83. The van der Waals surface area contributed by atoms with Crippen molar-refractivity contribution in [3.63, 3.8) is 0 Å². The van der Waals surface area contributed by atoms with Gasteiger partial charge in [0.25, 0.3) is 0 Å². The van der Waals surface area contributed by atoms with Crippen LogP contribution in [0.4, 0.5) is 0 Å². The molecule has 140 valence electrons. The highest BCUT2D eigenvalue weighted by atomic mass is 16.5. The van der Waals surface area contributed by atoms with E-state index in [1.165, 1.54) is 23.1 Å². The summed E-state index contributed by atoms with van der Waals surface area (Å²) in [6.07, 6.45) is 8.11. The Morgan fingerprint density at radius 3 is 2.80 bits per heavy atom. The molecule has 0 unspecified atom stereocenters. The van der Waals surface area contributed by atoms with Crippen molar-refractivity contribution in [1.82, 2.24) is 0 Å². The summed E-state index contributed by atoms with van der Waals surface area (Å²) in [5.41, 5.74) is 10.2. The van der Waals surface area contributed by atoms with Gasteiger partial charge in [0.2, 0.25) is 0 Å². The Kier molecular flexibility index (Phi) is 6.50. The Balaban J connectivity index is 1.53. The van der Waals surface area contributed by atoms with E-state index in [2.05, 4.69) is 18.2 Å². The summed E-state index contributed by atoms with van der Waals surface area (Å²) in [4.78, 5) is 0. The summed E-state index contributed by atoms with van der Waals surface area (Å²) in [6.45, 7) is 1.94. The van der Waals surface area contributed by atoms with Gasteiger partial charge in [0.1, 0.15) is 0 Å². The fourth-order valence-corrected chi connectivity index (χ4v) is 4.40. The minimum absolute atomic E-state index is 0.0917. The van der Waals surface area contributed by atoms with Crippen LogP contribution in [0, 0.1) is 5.92 Å². The van der Waals surface area contributed by atoms with E-state index in [9.17, 15) is 5.11 Å². The molecule has 0 aromatic heterocycles. The smallest absolute Gasteiger partial charge is 0.0611 e. The van der Waals surface area contributed by atoms with Crippen LogP contribution >= 0.6 is 0 Å². The second-order valence-corrected chi connectivity index (χ2v) is 8.10. The number of unbranched alkanes of at least 4 members (excludes halogenated alkanes) is 1. The topological polar surface area (TPSA) is 75.7 Å². The van der Waals surface area contributed by atoms with Crippen LogP contribution in [0.1, 0.15) is 61.1 Å². The molecule has 1 fully saturated rings. The normalized spacial score (nSPS) is 28.9. The lowest BCUT2D eigenvalue weighted by Crippen LogP contribution is -2.40. The highest BCUT2D eigenvalue weighted by molar-refractivity contribution is 5.36. The first-order chi connectivity index (χ1) is 12.1. The molecule has 4 N–H and O–H groups in total. The molecule has 3 atom stereocenters. The van der Waals surface area contributed by atoms with Gasteiger partial charge in [0.05, 0.1) is 6.61 Å². The predicted molar refractivity (Wildman–Crippen MR) is 99.7 cm³/mol. The van der Waals surface area contributed by atoms with Crippen molar-refractivity contribution in [3.8, 4) is 0 Å². The lowest BCUT2D eigenvalue weighted by molar-refractivity contribution is 0.0884. The number of ether oxygens (including phenoxy) is 1. The number of hydrogen-bond donors (Lipinski definition) is 3. The van der Waals surface area contributed by atoms with E-state index in [1.807, 2.05) is 0 Å². The molecule has 4 heteroatoms. The molecular formula is C21H33NO3. The van der Waals surface area contributed by atoms with Gasteiger partial charge < -0.3 is 20.7 Å². The van der Waals surface area contributed by atoms with E-state index in [0.717, 1.165) is 58.2 Å². The highest BCUT2D eigenvalue weighted by Gasteiger charge is 2.36. The van der Waals surface area contributed by atoms with Gasteiger partial charge in [-0.15, -0.1) is 0 Å². The van der Waals surface area contributed by atoms with Gasteiger partial charge in [-0.1, -0.05) is 18.2 Å². The maximum absolute atomic E-state index is 9.48. The Hall–Kier alpha value is -0.940. The molecule has 0 amide bonds. The molecule has 2 aliphatic carbocycles. The van der Waals surface area contributed by atoms with Crippen LogP contribution in [-0.2, 0) is 17.6 Å². The zero-order valence-corrected chi connectivity index (χ0v) is 15.3. The summed E-state index contributed by atoms with van der Waals surface area (Å²) in [6, 6.07) is 6.97. The number of aryl methyl sites for hydroxylation is 1. The van der Waals surface area contributed by atoms with E-state index in [1.54, 1.807) is 0 Å². The minimum atomic E-state index is -0.376. The second kappa shape index (κ2) is 8.63. The zero-order chi connectivity index (χ0) is 17.7. The molecule has 0 saturated heterocycles. The van der Waals surface area contributed by atoms with Crippen LogP contribution < -0.4 is 5.73 Å². The standard InChI is InChI=1S/C21H33NO3/c22-21(15-24)8-7-20(13-21)19-6-5-17-11-16(3-4-18(17)12-19)14-25-10-2-1-9-23/h5-6,12,16,20,23-24H,1-4,7-11,13-15,22H2/t16-,20+,21-/m1/s1. The minimum Gasteiger partial charge on any atom is -0.396 e. The summed E-state index contributed by atoms with van der Waals surface area (Å²) >= 11 is 0.